The number of carbonyl (C=O) groups excluding carboxylic acids is 1. The van der Waals surface area contributed by atoms with Gasteiger partial charge in [0.2, 0.25) is 5.88 Å². The van der Waals surface area contributed by atoms with Gasteiger partial charge in [-0.2, -0.15) is 0 Å². The van der Waals surface area contributed by atoms with Crippen LogP contribution in [-0.2, 0) is 4.74 Å². The molecule has 0 amide bonds. The zero-order chi connectivity index (χ0) is 14.5. The van der Waals surface area contributed by atoms with Crippen LogP contribution in [0, 0.1) is 6.92 Å². The van der Waals surface area contributed by atoms with Crippen molar-refractivity contribution in [2.75, 3.05) is 18.9 Å². The van der Waals surface area contributed by atoms with E-state index in [-0.39, 0.29) is 24.7 Å². The van der Waals surface area contributed by atoms with Gasteiger partial charge in [0.05, 0.1) is 5.69 Å². The average molecular weight is 341 g/mol. The number of halogens is 1. The van der Waals surface area contributed by atoms with E-state index in [0.717, 1.165) is 4.47 Å². The SMILES string of the molecule is Cc1noc(N)c1C(=O)OCCOc1ccc(Br)cc1. The molecule has 0 bridgehead atoms. The van der Waals surface area contributed by atoms with Crippen molar-refractivity contribution >= 4 is 27.8 Å². The van der Waals surface area contributed by atoms with Gasteiger partial charge < -0.3 is 19.7 Å². The lowest BCUT2D eigenvalue weighted by molar-refractivity contribution is 0.0450. The molecule has 0 unspecified atom stereocenters. The molecule has 106 valence electrons. The number of nitrogens with zero attached hydrogens (tertiary/aromatic N) is 1. The molecule has 6 nitrogen and oxygen atoms in total. The molecule has 0 saturated carbocycles. The Morgan fingerprint density at radius 1 is 1.35 bits per heavy atom. The van der Waals surface area contributed by atoms with Crippen LogP contribution < -0.4 is 10.5 Å². The van der Waals surface area contributed by atoms with Crippen LogP contribution in [0.3, 0.4) is 0 Å². The second kappa shape index (κ2) is 6.42. The van der Waals surface area contributed by atoms with E-state index in [0.29, 0.717) is 11.4 Å². The number of nitrogens with two attached hydrogens (primary N) is 1. The summed E-state index contributed by atoms with van der Waals surface area (Å²) in [5, 5.41) is 3.58. The van der Waals surface area contributed by atoms with Crippen LogP contribution in [0.5, 0.6) is 5.75 Å². The minimum atomic E-state index is -0.569. The molecule has 7 heteroatoms. The summed E-state index contributed by atoms with van der Waals surface area (Å²) in [6.07, 6.45) is 0. The minimum absolute atomic E-state index is 0.0404. The van der Waals surface area contributed by atoms with Gasteiger partial charge in [-0.3, -0.25) is 0 Å². The number of benzene rings is 1. The quantitative estimate of drug-likeness (QED) is 0.664. The summed E-state index contributed by atoms with van der Waals surface area (Å²) in [6.45, 7) is 1.98. The van der Waals surface area contributed by atoms with Crippen molar-refractivity contribution in [2.45, 2.75) is 6.92 Å². The highest BCUT2D eigenvalue weighted by Crippen LogP contribution is 2.17. The number of carbonyl (C=O) groups is 1. The molecule has 2 aromatic rings. The maximum Gasteiger partial charge on any atom is 0.345 e. The summed E-state index contributed by atoms with van der Waals surface area (Å²) in [4.78, 5) is 11.7. The minimum Gasteiger partial charge on any atom is -0.490 e. The Hall–Kier alpha value is -2.02. The predicted octanol–water partition coefficient (Wildman–Crippen LogP) is 2.56. The van der Waals surface area contributed by atoms with E-state index < -0.39 is 5.97 Å². The standard InChI is InChI=1S/C13H13BrN2O4/c1-8-11(12(15)20-16-8)13(17)19-7-6-18-10-4-2-9(14)3-5-10/h2-5H,6-7,15H2,1H3. The van der Waals surface area contributed by atoms with E-state index in [9.17, 15) is 4.79 Å². The molecule has 2 N–H and O–H groups in total. The van der Waals surface area contributed by atoms with Gasteiger partial charge in [-0.25, -0.2) is 4.79 Å². The molecular formula is C13H13BrN2O4. The van der Waals surface area contributed by atoms with Gasteiger partial charge in [-0.15, -0.1) is 0 Å². The molecule has 0 fully saturated rings. The molecule has 0 atom stereocenters. The van der Waals surface area contributed by atoms with Crippen molar-refractivity contribution in [1.29, 1.82) is 0 Å². The molecule has 2 rings (SSSR count). The molecule has 20 heavy (non-hydrogen) atoms. The van der Waals surface area contributed by atoms with Crippen LogP contribution in [0.15, 0.2) is 33.3 Å². The summed E-state index contributed by atoms with van der Waals surface area (Å²) >= 11 is 3.33. The summed E-state index contributed by atoms with van der Waals surface area (Å²) in [6, 6.07) is 7.35. The molecule has 1 aromatic heterocycles. The Labute approximate surface area is 124 Å². The number of aromatic nitrogens is 1. The topological polar surface area (TPSA) is 87.6 Å². The van der Waals surface area contributed by atoms with Crippen molar-refractivity contribution < 1.29 is 18.8 Å². The first kappa shape index (κ1) is 14.4. The van der Waals surface area contributed by atoms with Gasteiger partial charge >= 0.3 is 5.97 Å². The molecule has 0 spiro atoms. The van der Waals surface area contributed by atoms with E-state index in [1.54, 1.807) is 6.92 Å². The average Bonchev–Trinajstić information content (AvgIpc) is 2.76. The molecule has 1 heterocycles. The summed E-state index contributed by atoms with van der Waals surface area (Å²) < 4.78 is 16.1. The van der Waals surface area contributed by atoms with Crippen LogP contribution >= 0.6 is 15.9 Å². The molecule has 0 radical (unpaired) electrons. The molecule has 0 aliphatic heterocycles. The van der Waals surface area contributed by atoms with Crippen molar-refractivity contribution in [2.24, 2.45) is 0 Å². The molecule has 0 saturated heterocycles. The zero-order valence-electron chi connectivity index (χ0n) is 10.8. The lowest BCUT2D eigenvalue weighted by Crippen LogP contribution is -2.13. The number of nitrogen functional groups attached to an aromatic ring is 1. The Morgan fingerprint density at radius 2 is 2.05 bits per heavy atom. The molecular weight excluding hydrogens is 328 g/mol. The first-order chi connectivity index (χ1) is 9.58. The highest BCUT2D eigenvalue weighted by atomic mass is 79.9. The van der Waals surface area contributed by atoms with Crippen LogP contribution in [-0.4, -0.2) is 24.3 Å². The maximum atomic E-state index is 11.7. The van der Waals surface area contributed by atoms with Crippen molar-refractivity contribution in [3.8, 4) is 5.75 Å². The van der Waals surface area contributed by atoms with Crippen molar-refractivity contribution in [3.63, 3.8) is 0 Å². The maximum absolute atomic E-state index is 11.7. The van der Waals surface area contributed by atoms with Crippen LogP contribution in [0.1, 0.15) is 16.1 Å². The van der Waals surface area contributed by atoms with Gasteiger partial charge in [0, 0.05) is 4.47 Å². The largest absolute Gasteiger partial charge is 0.490 e. The fraction of sp³-hybridized carbons (Fsp3) is 0.231. The molecule has 1 aromatic carbocycles. The lowest BCUT2D eigenvalue weighted by Gasteiger charge is -2.07. The number of aryl methyl sites for hydroxylation is 1. The summed E-state index contributed by atoms with van der Waals surface area (Å²) in [7, 11) is 0. The highest BCUT2D eigenvalue weighted by molar-refractivity contribution is 9.10. The normalized spacial score (nSPS) is 10.3. The van der Waals surface area contributed by atoms with Gasteiger partial charge in [-0.1, -0.05) is 21.1 Å². The first-order valence-electron chi connectivity index (χ1n) is 5.85. The Kier molecular flexibility index (Phi) is 4.62. The van der Waals surface area contributed by atoms with E-state index in [4.69, 9.17) is 19.7 Å². The van der Waals surface area contributed by atoms with E-state index in [2.05, 4.69) is 21.1 Å². The second-order valence-electron chi connectivity index (χ2n) is 3.95. The Bertz CT molecular complexity index is 575. The van der Waals surface area contributed by atoms with E-state index in [1.165, 1.54) is 0 Å². The van der Waals surface area contributed by atoms with Gasteiger partial charge in [-0.05, 0) is 31.2 Å². The van der Waals surface area contributed by atoms with Gasteiger partial charge in [0.25, 0.3) is 0 Å². The molecule has 0 aliphatic rings. The molecule has 0 aliphatic carbocycles. The number of anilines is 1. The number of hydrogen-bond acceptors (Lipinski definition) is 6. The third kappa shape index (κ3) is 3.51. The zero-order valence-corrected chi connectivity index (χ0v) is 12.3. The Morgan fingerprint density at radius 3 is 2.65 bits per heavy atom. The number of hydrogen-bond donors (Lipinski definition) is 1. The van der Waals surface area contributed by atoms with Gasteiger partial charge in [0.1, 0.15) is 24.5 Å². The van der Waals surface area contributed by atoms with E-state index in [1.807, 2.05) is 24.3 Å². The number of rotatable bonds is 5. The smallest absolute Gasteiger partial charge is 0.345 e. The third-order valence-corrected chi connectivity index (χ3v) is 3.02. The monoisotopic (exact) mass is 340 g/mol. The number of esters is 1. The Balaban J connectivity index is 1.79. The van der Waals surface area contributed by atoms with Crippen LogP contribution in [0.25, 0.3) is 0 Å². The summed E-state index contributed by atoms with van der Waals surface area (Å²) in [5.41, 5.74) is 6.05. The first-order valence-corrected chi connectivity index (χ1v) is 6.64. The lowest BCUT2D eigenvalue weighted by atomic mass is 10.2. The fourth-order valence-electron chi connectivity index (χ4n) is 1.53. The summed E-state index contributed by atoms with van der Waals surface area (Å²) in [5.74, 6) is 0.0897. The third-order valence-electron chi connectivity index (χ3n) is 2.49. The van der Waals surface area contributed by atoms with E-state index >= 15 is 0 Å². The highest BCUT2D eigenvalue weighted by Gasteiger charge is 2.19. The van der Waals surface area contributed by atoms with Crippen molar-refractivity contribution in [3.05, 3.63) is 40.0 Å². The fourth-order valence-corrected chi connectivity index (χ4v) is 1.80. The number of ether oxygens (including phenoxy) is 2. The van der Waals surface area contributed by atoms with Gasteiger partial charge in [0.15, 0.2) is 0 Å². The van der Waals surface area contributed by atoms with Crippen LogP contribution in [0.2, 0.25) is 0 Å². The van der Waals surface area contributed by atoms with Crippen LogP contribution in [0.4, 0.5) is 5.88 Å². The predicted molar refractivity (Wildman–Crippen MR) is 75.6 cm³/mol. The second-order valence-corrected chi connectivity index (χ2v) is 4.86. The van der Waals surface area contributed by atoms with Crippen molar-refractivity contribution in [1.82, 2.24) is 5.16 Å².